The number of anilines is 1. The molecule has 0 aromatic carbocycles. The van der Waals surface area contributed by atoms with Gasteiger partial charge < -0.3 is 9.88 Å². The molecule has 132 valence electrons. The molecule has 4 aromatic rings. The molecule has 5 heterocycles. The van der Waals surface area contributed by atoms with E-state index in [-0.39, 0.29) is 0 Å². The average molecular weight is 366 g/mol. The van der Waals surface area contributed by atoms with Crippen LogP contribution in [0.1, 0.15) is 12.8 Å². The Hall–Kier alpha value is -2.81. The maximum atomic E-state index is 4.46. The van der Waals surface area contributed by atoms with Gasteiger partial charge in [0.2, 0.25) is 0 Å². The first kappa shape index (κ1) is 15.4. The van der Waals surface area contributed by atoms with Crippen LogP contribution in [-0.2, 0) is 6.54 Å². The van der Waals surface area contributed by atoms with Crippen LogP contribution >= 0.6 is 11.3 Å². The number of thiophene rings is 1. The molecule has 5 rings (SSSR count). The van der Waals surface area contributed by atoms with Crippen LogP contribution in [0.15, 0.2) is 35.7 Å². The fourth-order valence-corrected chi connectivity index (χ4v) is 4.16. The first-order valence-electron chi connectivity index (χ1n) is 8.68. The zero-order valence-corrected chi connectivity index (χ0v) is 14.9. The number of hydrogen-bond donors (Lipinski definition) is 1. The number of imidazole rings is 1. The number of aromatic amines is 1. The third-order valence-electron chi connectivity index (χ3n) is 4.92. The van der Waals surface area contributed by atoms with Gasteiger partial charge in [-0.25, -0.2) is 15.0 Å². The monoisotopic (exact) mass is 366 g/mol. The quantitative estimate of drug-likeness (QED) is 0.597. The van der Waals surface area contributed by atoms with Crippen molar-refractivity contribution in [2.24, 2.45) is 5.92 Å². The molecule has 0 amide bonds. The second kappa shape index (κ2) is 6.49. The molecule has 9 heteroatoms. The predicted molar refractivity (Wildman–Crippen MR) is 100.0 cm³/mol. The van der Waals surface area contributed by atoms with Gasteiger partial charge in [0.25, 0.3) is 0 Å². The van der Waals surface area contributed by atoms with E-state index in [4.69, 9.17) is 0 Å². The number of fused-ring (bicyclic) bond motifs is 1. The number of nitrogens with zero attached hydrogens (tertiary/aromatic N) is 7. The zero-order chi connectivity index (χ0) is 17.3. The molecule has 8 nitrogen and oxygen atoms in total. The Labute approximate surface area is 153 Å². The van der Waals surface area contributed by atoms with Gasteiger partial charge >= 0.3 is 0 Å². The minimum absolute atomic E-state index is 0.599. The molecule has 1 fully saturated rings. The molecule has 1 aliphatic rings. The van der Waals surface area contributed by atoms with Crippen molar-refractivity contribution in [3.63, 3.8) is 0 Å². The van der Waals surface area contributed by atoms with Gasteiger partial charge in [-0.2, -0.15) is 11.3 Å². The van der Waals surface area contributed by atoms with Crippen LogP contribution in [0.5, 0.6) is 0 Å². The van der Waals surface area contributed by atoms with Gasteiger partial charge in [0.15, 0.2) is 11.5 Å². The minimum atomic E-state index is 0.599. The number of piperidine rings is 1. The summed E-state index contributed by atoms with van der Waals surface area (Å²) < 4.78 is 1.98. The standard InChI is InChI=1S/C17H18N8S/c1-4-24(17-15-16(19-10-18-15)20-11-21-17)5-2-12(1)7-25-8-14(22-23-25)13-3-6-26-9-13/h3,6,8-12H,1-2,4-5,7H2,(H,18,19,20,21). The molecule has 0 atom stereocenters. The topological polar surface area (TPSA) is 88.4 Å². The second-order valence-electron chi connectivity index (χ2n) is 6.57. The Morgan fingerprint density at radius 3 is 2.96 bits per heavy atom. The molecule has 0 saturated carbocycles. The number of aromatic nitrogens is 7. The Morgan fingerprint density at radius 1 is 1.19 bits per heavy atom. The second-order valence-corrected chi connectivity index (χ2v) is 7.35. The summed E-state index contributed by atoms with van der Waals surface area (Å²) in [6, 6.07) is 2.08. The summed E-state index contributed by atoms with van der Waals surface area (Å²) in [6.45, 7) is 2.86. The number of nitrogens with one attached hydrogen (secondary N) is 1. The average Bonchev–Trinajstić information content (AvgIpc) is 3.42. The molecule has 1 aliphatic heterocycles. The summed E-state index contributed by atoms with van der Waals surface area (Å²) in [5.74, 6) is 1.55. The predicted octanol–water partition coefficient (Wildman–Crippen LogP) is 2.59. The highest BCUT2D eigenvalue weighted by Crippen LogP contribution is 2.27. The molecular formula is C17H18N8S. The first-order valence-corrected chi connectivity index (χ1v) is 9.63. The van der Waals surface area contributed by atoms with Crippen LogP contribution in [0.2, 0.25) is 0 Å². The minimum Gasteiger partial charge on any atom is -0.355 e. The molecule has 0 unspecified atom stereocenters. The van der Waals surface area contributed by atoms with E-state index in [1.807, 2.05) is 10.9 Å². The molecular weight excluding hydrogens is 348 g/mol. The molecule has 0 bridgehead atoms. The van der Waals surface area contributed by atoms with E-state index in [0.29, 0.717) is 5.92 Å². The van der Waals surface area contributed by atoms with Gasteiger partial charge in [0, 0.05) is 30.6 Å². The van der Waals surface area contributed by atoms with Crippen molar-refractivity contribution >= 4 is 28.3 Å². The summed E-state index contributed by atoms with van der Waals surface area (Å²) in [5.41, 5.74) is 3.73. The van der Waals surface area contributed by atoms with Gasteiger partial charge in [0.05, 0.1) is 12.5 Å². The van der Waals surface area contributed by atoms with Crippen molar-refractivity contribution < 1.29 is 0 Å². The summed E-state index contributed by atoms with van der Waals surface area (Å²) in [7, 11) is 0. The molecule has 0 spiro atoms. The van der Waals surface area contributed by atoms with Crippen molar-refractivity contribution in [3.05, 3.63) is 35.7 Å². The maximum absolute atomic E-state index is 4.46. The molecule has 1 saturated heterocycles. The van der Waals surface area contributed by atoms with Crippen molar-refractivity contribution in [2.75, 3.05) is 18.0 Å². The lowest BCUT2D eigenvalue weighted by Crippen LogP contribution is -2.35. The van der Waals surface area contributed by atoms with Gasteiger partial charge in [-0.1, -0.05) is 5.21 Å². The summed E-state index contributed by atoms with van der Waals surface area (Å²) in [6.07, 6.45) is 7.52. The summed E-state index contributed by atoms with van der Waals surface area (Å²) in [5, 5.41) is 12.8. The van der Waals surface area contributed by atoms with E-state index in [0.717, 1.165) is 60.7 Å². The summed E-state index contributed by atoms with van der Waals surface area (Å²) >= 11 is 1.68. The normalized spacial score (nSPS) is 15.8. The van der Waals surface area contributed by atoms with E-state index >= 15 is 0 Å². The zero-order valence-electron chi connectivity index (χ0n) is 14.1. The first-order chi connectivity index (χ1) is 12.9. The van der Waals surface area contributed by atoms with Crippen molar-refractivity contribution in [2.45, 2.75) is 19.4 Å². The van der Waals surface area contributed by atoms with E-state index in [1.165, 1.54) is 0 Å². The fraction of sp³-hybridized carbons (Fsp3) is 0.353. The fourth-order valence-electron chi connectivity index (χ4n) is 3.51. The van der Waals surface area contributed by atoms with Gasteiger partial charge in [0.1, 0.15) is 17.5 Å². The van der Waals surface area contributed by atoms with E-state index < -0.39 is 0 Å². The van der Waals surface area contributed by atoms with Gasteiger partial charge in [-0.05, 0) is 30.2 Å². The van der Waals surface area contributed by atoms with Crippen LogP contribution in [0, 0.1) is 5.92 Å². The summed E-state index contributed by atoms with van der Waals surface area (Å²) in [4.78, 5) is 18.3. The van der Waals surface area contributed by atoms with Crippen molar-refractivity contribution in [3.8, 4) is 11.3 Å². The lowest BCUT2D eigenvalue weighted by molar-refractivity contribution is 0.338. The van der Waals surface area contributed by atoms with Crippen LogP contribution in [0.3, 0.4) is 0 Å². The number of H-pyrrole nitrogens is 1. The number of hydrogen-bond acceptors (Lipinski definition) is 7. The Kier molecular flexibility index (Phi) is 3.85. The molecule has 0 radical (unpaired) electrons. The lowest BCUT2D eigenvalue weighted by Gasteiger charge is -2.32. The van der Waals surface area contributed by atoms with Crippen LogP contribution in [0.4, 0.5) is 5.82 Å². The largest absolute Gasteiger partial charge is 0.355 e. The van der Waals surface area contributed by atoms with Gasteiger partial charge in [-0.15, -0.1) is 5.10 Å². The molecule has 1 N–H and O–H groups in total. The van der Waals surface area contributed by atoms with Crippen LogP contribution in [0.25, 0.3) is 22.4 Å². The van der Waals surface area contributed by atoms with E-state index in [2.05, 4.69) is 52.0 Å². The Bertz CT molecular complexity index is 997. The number of rotatable bonds is 4. The van der Waals surface area contributed by atoms with Crippen LogP contribution in [-0.4, -0.2) is 48.0 Å². The smallest absolute Gasteiger partial charge is 0.182 e. The highest BCUT2D eigenvalue weighted by atomic mass is 32.1. The third kappa shape index (κ3) is 2.84. The highest BCUT2D eigenvalue weighted by Gasteiger charge is 2.23. The molecule has 26 heavy (non-hydrogen) atoms. The molecule has 0 aliphatic carbocycles. The van der Waals surface area contributed by atoms with E-state index in [1.54, 1.807) is 24.0 Å². The third-order valence-corrected chi connectivity index (χ3v) is 5.60. The SMILES string of the molecule is c1nc(N2CCC(Cn3cc(-c4ccsc4)nn3)CC2)c2[nH]cnc2n1. The molecule has 4 aromatic heterocycles. The Balaban J connectivity index is 1.24. The maximum Gasteiger partial charge on any atom is 0.182 e. The van der Waals surface area contributed by atoms with Crippen molar-refractivity contribution in [1.82, 2.24) is 34.9 Å². The van der Waals surface area contributed by atoms with E-state index in [9.17, 15) is 0 Å². The van der Waals surface area contributed by atoms with Crippen LogP contribution < -0.4 is 4.90 Å². The van der Waals surface area contributed by atoms with Gasteiger partial charge in [-0.3, -0.25) is 4.68 Å². The van der Waals surface area contributed by atoms with Crippen molar-refractivity contribution in [1.29, 1.82) is 0 Å². The Morgan fingerprint density at radius 2 is 2.12 bits per heavy atom. The lowest BCUT2D eigenvalue weighted by atomic mass is 9.97. The highest BCUT2D eigenvalue weighted by molar-refractivity contribution is 7.08.